The largest absolute Gasteiger partial charge is 0.364 e. The molecule has 0 aliphatic carbocycles. The van der Waals surface area contributed by atoms with Crippen LogP contribution in [0.3, 0.4) is 0 Å². The summed E-state index contributed by atoms with van der Waals surface area (Å²) in [6.45, 7) is 3.81. The average molecular weight is 372 g/mol. The molecule has 0 heterocycles. The van der Waals surface area contributed by atoms with Crippen molar-refractivity contribution in [1.82, 2.24) is 0 Å². The van der Waals surface area contributed by atoms with Gasteiger partial charge in [0, 0.05) is 12.7 Å². The van der Waals surface area contributed by atoms with Gasteiger partial charge in [0.25, 0.3) is 0 Å². The lowest BCUT2D eigenvalue weighted by molar-refractivity contribution is -0.114. The lowest BCUT2D eigenvalue weighted by Gasteiger charge is -2.21. The average Bonchev–Trinajstić information content (AvgIpc) is 2.56. The Kier molecular flexibility index (Phi) is 5.65. The maximum atomic E-state index is 12.4. The number of likely N-dealkylation sites (N-methyl/N-ethyl adjacent to an activating group) is 1. The SMILES string of the molecule is Cc1cccc(C)c1NC(=O)CN(C)c1ccc(S(N)(=O)=O)cc1C#N. The molecule has 0 atom stereocenters. The zero-order valence-electron chi connectivity index (χ0n) is 14.8. The summed E-state index contributed by atoms with van der Waals surface area (Å²) in [5.41, 5.74) is 3.24. The Hall–Kier alpha value is -2.89. The van der Waals surface area contributed by atoms with Crippen LogP contribution in [0.2, 0.25) is 0 Å². The summed E-state index contributed by atoms with van der Waals surface area (Å²) in [5, 5.41) is 17.2. The second-order valence-corrected chi connectivity index (χ2v) is 7.57. The van der Waals surface area contributed by atoms with Gasteiger partial charge < -0.3 is 10.2 Å². The zero-order chi connectivity index (χ0) is 19.5. The summed E-state index contributed by atoms with van der Waals surface area (Å²) >= 11 is 0. The van der Waals surface area contributed by atoms with Crippen molar-refractivity contribution in [3.63, 3.8) is 0 Å². The Morgan fingerprint density at radius 2 is 1.85 bits per heavy atom. The van der Waals surface area contributed by atoms with E-state index in [1.807, 2.05) is 38.1 Å². The van der Waals surface area contributed by atoms with E-state index in [1.54, 1.807) is 11.9 Å². The number of hydrogen-bond donors (Lipinski definition) is 2. The standard InChI is InChI=1S/C18H20N4O3S/c1-12-5-4-6-13(2)18(12)21-17(23)11-22(3)16-8-7-15(26(20,24)25)9-14(16)10-19/h4-9H,11H2,1-3H3,(H,21,23)(H2,20,24,25). The number of benzene rings is 2. The predicted molar refractivity (Wildman–Crippen MR) is 100 cm³/mol. The van der Waals surface area contributed by atoms with E-state index < -0.39 is 10.0 Å². The molecule has 0 aliphatic rings. The first-order valence-corrected chi connectivity index (χ1v) is 9.32. The van der Waals surface area contributed by atoms with Gasteiger partial charge in [0.2, 0.25) is 15.9 Å². The molecule has 2 rings (SSSR count). The van der Waals surface area contributed by atoms with Crippen LogP contribution in [0.4, 0.5) is 11.4 Å². The van der Waals surface area contributed by atoms with Crippen molar-refractivity contribution in [3.8, 4) is 6.07 Å². The van der Waals surface area contributed by atoms with Gasteiger partial charge in [-0.1, -0.05) is 18.2 Å². The number of nitrogens with two attached hydrogens (primary N) is 1. The summed E-state index contributed by atoms with van der Waals surface area (Å²) in [6.07, 6.45) is 0. The highest BCUT2D eigenvalue weighted by molar-refractivity contribution is 7.89. The van der Waals surface area contributed by atoms with Crippen molar-refractivity contribution in [2.24, 2.45) is 5.14 Å². The molecule has 0 fully saturated rings. The van der Waals surface area contributed by atoms with Crippen molar-refractivity contribution in [2.45, 2.75) is 18.7 Å². The first-order valence-electron chi connectivity index (χ1n) is 7.77. The Bertz CT molecular complexity index is 974. The third-order valence-electron chi connectivity index (χ3n) is 3.95. The third kappa shape index (κ3) is 4.39. The van der Waals surface area contributed by atoms with Crippen LogP contribution in [0, 0.1) is 25.2 Å². The number of para-hydroxylation sites is 1. The van der Waals surface area contributed by atoms with Gasteiger partial charge in [0.1, 0.15) is 6.07 Å². The fourth-order valence-electron chi connectivity index (χ4n) is 2.61. The summed E-state index contributed by atoms with van der Waals surface area (Å²) in [4.78, 5) is 13.8. The number of anilines is 2. The third-order valence-corrected chi connectivity index (χ3v) is 4.87. The summed E-state index contributed by atoms with van der Waals surface area (Å²) < 4.78 is 22.8. The number of amides is 1. The number of hydrogen-bond acceptors (Lipinski definition) is 5. The molecule has 26 heavy (non-hydrogen) atoms. The fraction of sp³-hybridized carbons (Fsp3) is 0.222. The monoisotopic (exact) mass is 372 g/mol. The van der Waals surface area contributed by atoms with E-state index in [0.717, 1.165) is 16.8 Å². The zero-order valence-corrected chi connectivity index (χ0v) is 15.6. The van der Waals surface area contributed by atoms with E-state index in [-0.39, 0.29) is 22.9 Å². The second kappa shape index (κ2) is 7.56. The van der Waals surface area contributed by atoms with Gasteiger partial charge >= 0.3 is 0 Å². The van der Waals surface area contributed by atoms with Crippen molar-refractivity contribution in [3.05, 3.63) is 53.1 Å². The molecule has 0 spiro atoms. The number of nitrogens with zero attached hydrogens (tertiary/aromatic N) is 2. The van der Waals surface area contributed by atoms with Crippen molar-refractivity contribution in [2.75, 3.05) is 23.8 Å². The van der Waals surface area contributed by atoms with Crippen LogP contribution in [0.1, 0.15) is 16.7 Å². The van der Waals surface area contributed by atoms with Crippen LogP contribution in [0.5, 0.6) is 0 Å². The van der Waals surface area contributed by atoms with E-state index in [2.05, 4.69) is 5.32 Å². The summed E-state index contributed by atoms with van der Waals surface area (Å²) in [5.74, 6) is -0.246. The van der Waals surface area contributed by atoms with Crippen LogP contribution in [0.25, 0.3) is 0 Å². The van der Waals surface area contributed by atoms with Crippen LogP contribution < -0.4 is 15.4 Å². The smallest absolute Gasteiger partial charge is 0.243 e. The summed E-state index contributed by atoms with van der Waals surface area (Å²) in [6, 6.07) is 11.6. The van der Waals surface area contributed by atoms with Gasteiger partial charge in [-0.25, -0.2) is 13.6 Å². The number of primary sulfonamides is 1. The molecule has 0 radical (unpaired) electrons. The number of rotatable bonds is 5. The molecule has 1 amide bonds. The quantitative estimate of drug-likeness (QED) is 0.831. The molecule has 8 heteroatoms. The maximum absolute atomic E-state index is 12.4. The number of aryl methyl sites for hydroxylation is 2. The molecule has 136 valence electrons. The lowest BCUT2D eigenvalue weighted by atomic mass is 10.1. The van der Waals surface area contributed by atoms with E-state index in [0.29, 0.717) is 5.69 Å². The second-order valence-electron chi connectivity index (χ2n) is 6.01. The Morgan fingerprint density at radius 3 is 2.38 bits per heavy atom. The summed E-state index contributed by atoms with van der Waals surface area (Å²) in [7, 11) is -2.25. The van der Waals surface area contributed by atoms with Crippen molar-refractivity contribution in [1.29, 1.82) is 5.26 Å². The minimum atomic E-state index is -3.90. The highest BCUT2D eigenvalue weighted by Gasteiger charge is 2.16. The molecule has 0 unspecified atom stereocenters. The molecule has 2 aromatic rings. The predicted octanol–water partition coefficient (Wildman–Crippen LogP) is 1.90. The Labute approximate surface area is 153 Å². The number of nitrogens with one attached hydrogen (secondary N) is 1. The lowest BCUT2D eigenvalue weighted by Crippen LogP contribution is -2.31. The normalized spacial score (nSPS) is 10.9. The molecule has 0 saturated carbocycles. The van der Waals surface area contributed by atoms with Crippen molar-refractivity contribution < 1.29 is 13.2 Å². The number of sulfonamides is 1. The molecule has 0 aliphatic heterocycles. The van der Waals surface area contributed by atoms with E-state index >= 15 is 0 Å². The van der Waals surface area contributed by atoms with Crippen LogP contribution in [0.15, 0.2) is 41.3 Å². The van der Waals surface area contributed by atoms with Crippen LogP contribution in [-0.2, 0) is 14.8 Å². The van der Waals surface area contributed by atoms with E-state index in [9.17, 15) is 18.5 Å². The minimum Gasteiger partial charge on any atom is -0.364 e. The number of nitriles is 1. The van der Waals surface area contributed by atoms with Gasteiger partial charge in [-0.05, 0) is 43.2 Å². The highest BCUT2D eigenvalue weighted by Crippen LogP contribution is 2.23. The minimum absolute atomic E-state index is 0.00280. The number of carbonyl (C=O) groups is 1. The Morgan fingerprint density at radius 1 is 1.23 bits per heavy atom. The van der Waals surface area contributed by atoms with E-state index in [1.165, 1.54) is 18.2 Å². The molecule has 3 N–H and O–H groups in total. The maximum Gasteiger partial charge on any atom is 0.243 e. The van der Waals surface area contributed by atoms with Crippen molar-refractivity contribution >= 4 is 27.3 Å². The molecular formula is C18H20N4O3S. The van der Waals surface area contributed by atoms with Gasteiger partial charge in [-0.3, -0.25) is 4.79 Å². The van der Waals surface area contributed by atoms with E-state index in [4.69, 9.17) is 5.14 Å². The Balaban J connectivity index is 2.21. The van der Waals surface area contributed by atoms with Crippen LogP contribution >= 0.6 is 0 Å². The first-order chi connectivity index (χ1) is 12.1. The molecule has 0 aromatic heterocycles. The first kappa shape index (κ1) is 19.4. The van der Waals surface area contributed by atoms with Gasteiger partial charge in [-0.2, -0.15) is 5.26 Å². The highest BCUT2D eigenvalue weighted by atomic mass is 32.2. The number of carbonyl (C=O) groups excluding carboxylic acids is 1. The van der Waals surface area contributed by atoms with Crippen LogP contribution in [-0.4, -0.2) is 27.9 Å². The molecular weight excluding hydrogens is 352 g/mol. The molecule has 0 bridgehead atoms. The van der Waals surface area contributed by atoms with Gasteiger partial charge in [0.05, 0.1) is 22.7 Å². The molecule has 2 aromatic carbocycles. The topological polar surface area (TPSA) is 116 Å². The molecule has 7 nitrogen and oxygen atoms in total. The van der Waals surface area contributed by atoms with Gasteiger partial charge in [0.15, 0.2) is 0 Å². The molecule has 0 saturated heterocycles. The fourth-order valence-corrected chi connectivity index (χ4v) is 3.15. The van der Waals surface area contributed by atoms with Gasteiger partial charge in [-0.15, -0.1) is 0 Å².